The molecule has 106 valence electrons. The van der Waals surface area contributed by atoms with Gasteiger partial charge in [-0.2, -0.15) is 31.8 Å². The van der Waals surface area contributed by atoms with E-state index in [4.69, 9.17) is 24.0 Å². The van der Waals surface area contributed by atoms with Crippen LogP contribution in [0.25, 0.3) is 0 Å². The maximum Gasteiger partial charge on any atom is 0.522 e. The molecular formula is C3H9F3N8O3S. The van der Waals surface area contributed by atoms with Crippen LogP contribution >= 0.6 is 0 Å². The van der Waals surface area contributed by atoms with E-state index in [1.54, 1.807) is 0 Å². The van der Waals surface area contributed by atoms with Gasteiger partial charge < -0.3 is 11.7 Å². The Labute approximate surface area is 98.5 Å². The fourth-order valence-corrected chi connectivity index (χ4v) is 0.0667. The van der Waals surface area contributed by atoms with Gasteiger partial charge in [-0.15, -0.1) is 10.2 Å². The molecule has 0 rings (SSSR count). The van der Waals surface area contributed by atoms with E-state index in [1.165, 1.54) is 0 Å². The second-order valence-electron chi connectivity index (χ2n) is 1.71. The fourth-order valence-electron chi connectivity index (χ4n) is 0.0667. The first kappa shape index (κ1) is 21.2. The van der Waals surface area contributed by atoms with Gasteiger partial charge in [0, 0.05) is 0 Å². The number of hydrazone groups is 2. The van der Waals surface area contributed by atoms with Crippen LogP contribution in [-0.2, 0) is 10.1 Å². The zero-order valence-corrected chi connectivity index (χ0v) is 9.22. The van der Waals surface area contributed by atoms with Crippen molar-refractivity contribution in [2.75, 3.05) is 0 Å². The Morgan fingerprint density at radius 1 is 1.06 bits per heavy atom. The molecule has 0 amide bonds. The lowest BCUT2D eigenvalue weighted by atomic mass is 11.4. The molecule has 0 bridgehead atoms. The first-order valence-corrected chi connectivity index (χ1v) is 4.72. The number of halogens is 3. The van der Waals surface area contributed by atoms with Crippen molar-refractivity contribution in [3.05, 3.63) is 0 Å². The summed E-state index contributed by atoms with van der Waals surface area (Å²) in [5.74, 6) is 8.99. The van der Waals surface area contributed by atoms with Crippen LogP contribution in [0.4, 0.5) is 13.2 Å². The van der Waals surface area contributed by atoms with Gasteiger partial charge in [-0.25, -0.2) is 11.1 Å². The van der Waals surface area contributed by atoms with E-state index >= 15 is 0 Å². The van der Waals surface area contributed by atoms with Gasteiger partial charge in [0.05, 0.1) is 0 Å². The minimum absolute atomic E-state index is 0.944. The van der Waals surface area contributed by atoms with Crippen LogP contribution in [0.3, 0.4) is 0 Å². The van der Waals surface area contributed by atoms with Crippen molar-refractivity contribution in [3.8, 4) is 0 Å². The highest BCUT2D eigenvalue weighted by atomic mass is 32.2. The zero-order chi connectivity index (χ0) is 15.2. The largest absolute Gasteiger partial charge is 0.522 e. The molecule has 0 radical (unpaired) electrons. The van der Waals surface area contributed by atoms with Gasteiger partial charge in [0.1, 0.15) is 0 Å². The summed E-state index contributed by atoms with van der Waals surface area (Å²) in [7, 11) is -5.84. The molecule has 0 unspecified atom stereocenters. The molecule has 15 heteroatoms. The van der Waals surface area contributed by atoms with Crippen LogP contribution in [0, 0.1) is 11.1 Å². The van der Waals surface area contributed by atoms with Crippen LogP contribution in [0.1, 0.15) is 0 Å². The molecule has 0 aliphatic heterocycles. The first-order valence-electron chi connectivity index (χ1n) is 3.28. The summed E-state index contributed by atoms with van der Waals surface area (Å²) in [5.41, 5.74) is 6.46. The third-order valence-electron chi connectivity index (χ3n) is 0.541. The number of rotatable bonds is 2. The average Bonchev–Trinajstić information content (AvgIpc) is 2.19. The Bertz CT molecular complexity index is 359. The van der Waals surface area contributed by atoms with Crippen molar-refractivity contribution in [2.24, 2.45) is 32.1 Å². The van der Waals surface area contributed by atoms with E-state index in [1.807, 2.05) is 0 Å². The molecule has 0 aromatic rings. The molecule has 0 spiro atoms. The lowest BCUT2D eigenvalue weighted by Gasteiger charge is -1.97. The maximum absolute atomic E-state index is 10.7. The third-order valence-corrected chi connectivity index (χ3v) is 1.13. The van der Waals surface area contributed by atoms with Gasteiger partial charge in [-0.1, -0.05) is 0 Å². The van der Waals surface area contributed by atoms with E-state index in [2.05, 4.69) is 32.1 Å². The normalized spacial score (nSPS) is 11.1. The fraction of sp³-hybridized carbons (Fsp3) is 0.333. The summed E-state index contributed by atoms with van der Waals surface area (Å²) >= 11 is 0. The number of hydrogen-bond acceptors (Lipinski definition) is 8. The molecule has 0 aromatic carbocycles. The second kappa shape index (κ2) is 11.3. The van der Waals surface area contributed by atoms with Gasteiger partial charge >= 0.3 is 15.6 Å². The Morgan fingerprint density at radius 3 is 1.28 bits per heavy atom. The molecule has 0 aliphatic rings. The summed E-state index contributed by atoms with van der Waals surface area (Å²) in [4.78, 5) is 0. The van der Waals surface area contributed by atoms with E-state index in [9.17, 15) is 13.2 Å². The summed E-state index contributed by atoms with van der Waals surface area (Å²) in [6.07, 6.45) is 1.89. The SMILES string of the molecule is N=NC=NN.N=NC=NN.O=S(=O)(O)C(F)(F)F. The van der Waals surface area contributed by atoms with Gasteiger partial charge in [-0.3, -0.25) is 4.55 Å². The molecule has 18 heavy (non-hydrogen) atoms. The molecule has 0 aliphatic carbocycles. The standard InChI is InChI=1S/CHF3O3S.2CH4N4/c2-1(3,4)8(5,6)7;2*2-4-1-5-3/h(H,5,6,7);2*1-2H,3H2. The van der Waals surface area contributed by atoms with Crippen LogP contribution in [0.2, 0.25) is 0 Å². The van der Waals surface area contributed by atoms with E-state index in [0.717, 1.165) is 12.7 Å². The molecule has 0 saturated heterocycles. The summed E-state index contributed by atoms with van der Waals surface area (Å²) in [6, 6.07) is 0. The van der Waals surface area contributed by atoms with Crippen LogP contribution in [0.15, 0.2) is 20.4 Å². The van der Waals surface area contributed by atoms with Crippen molar-refractivity contribution in [1.29, 1.82) is 11.1 Å². The predicted molar refractivity (Wildman–Crippen MR) is 53.3 cm³/mol. The number of alkyl halides is 3. The lowest BCUT2D eigenvalue weighted by Crippen LogP contribution is -2.21. The molecular weight excluding hydrogens is 285 g/mol. The van der Waals surface area contributed by atoms with Crippen LogP contribution < -0.4 is 11.7 Å². The molecule has 0 saturated carbocycles. The average molecular weight is 294 g/mol. The van der Waals surface area contributed by atoms with Crippen molar-refractivity contribution in [3.63, 3.8) is 0 Å². The van der Waals surface area contributed by atoms with E-state index in [0.29, 0.717) is 0 Å². The predicted octanol–water partition coefficient (Wildman–Crippen LogP) is 0.233. The zero-order valence-electron chi connectivity index (χ0n) is 8.40. The summed E-state index contributed by atoms with van der Waals surface area (Å²) < 4.78 is 57.5. The minimum atomic E-state index is -5.84. The topological polar surface area (TPSA) is 204 Å². The Hall–Kier alpha value is -2.16. The number of hydrogen-bond donors (Lipinski definition) is 5. The molecule has 0 aromatic heterocycles. The highest BCUT2D eigenvalue weighted by Gasteiger charge is 2.44. The van der Waals surface area contributed by atoms with Crippen molar-refractivity contribution in [1.82, 2.24) is 0 Å². The van der Waals surface area contributed by atoms with Gasteiger partial charge in [-0.05, 0) is 0 Å². The van der Waals surface area contributed by atoms with Crippen LogP contribution in [0.5, 0.6) is 0 Å². The Kier molecular flexibility index (Phi) is 13.3. The van der Waals surface area contributed by atoms with Crippen LogP contribution in [-0.4, -0.2) is 31.2 Å². The molecule has 11 nitrogen and oxygen atoms in total. The third kappa shape index (κ3) is 19.4. The van der Waals surface area contributed by atoms with Crippen molar-refractivity contribution in [2.45, 2.75) is 5.51 Å². The minimum Gasteiger partial charge on any atom is -0.322 e. The highest BCUT2D eigenvalue weighted by Crippen LogP contribution is 2.20. The smallest absolute Gasteiger partial charge is 0.322 e. The maximum atomic E-state index is 10.7. The number of nitrogens with one attached hydrogen (secondary N) is 2. The quantitative estimate of drug-likeness (QED) is 0.0919. The monoisotopic (exact) mass is 294 g/mol. The van der Waals surface area contributed by atoms with Gasteiger partial charge in [0.25, 0.3) is 0 Å². The number of nitrogens with zero attached hydrogens (tertiary/aromatic N) is 4. The lowest BCUT2D eigenvalue weighted by molar-refractivity contribution is -0.0510. The Balaban J connectivity index is -0.000000197. The van der Waals surface area contributed by atoms with E-state index in [-0.39, 0.29) is 0 Å². The molecule has 7 N–H and O–H groups in total. The summed E-state index contributed by atoms with van der Waals surface area (Å²) in [5, 5.41) is 11.1. The summed E-state index contributed by atoms with van der Waals surface area (Å²) in [6.45, 7) is 0. The second-order valence-corrected chi connectivity index (χ2v) is 3.12. The van der Waals surface area contributed by atoms with Crippen molar-refractivity contribution >= 4 is 22.8 Å². The molecule has 0 fully saturated rings. The highest BCUT2D eigenvalue weighted by molar-refractivity contribution is 7.86. The molecule has 0 atom stereocenters. The van der Waals surface area contributed by atoms with E-state index < -0.39 is 15.6 Å². The van der Waals surface area contributed by atoms with Gasteiger partial charge in [0.2, 0.25) is 0 Å². The van der Waals surface area contributed by atoms with Crippen molar-refractivity contribution < 1.29 is 26.1 Å². The molecule has 0 heterocycles. The first-order chi connectivity index (χ1) is 8.08. The Morgan fingerprint density at radius 2 is 1.28 bits per heavy atom. The number of nitrogens with two attached hydrogens (primary N) is 2. The van der Waals surface area contributed by atoms with Gasteiger partial charge in [0.15, 0.2) is 12.7 Å².